The molecule has 0 spiro atoms. The summed E-state index contributed by atoms with van der Waals surface area (Å²) in [6, 6.07) is 5.41. The summed E-state index contributed by atoms with van der Waals surface area (Å²) < 4.78 is 0.900. The van der Waals surface area contributed by atoms with Gasteiger partial charge in [-0.2, -0.15) is 0 Å². The number of benzene rings is 1. The van der Waals surface area contributed by atoms with Gasteiger partial charge in [-0.3, -0.25) is 9.59 Å². The van der Waals surface area contributed by atoms with E-state index in [4.69, 9.17) is 5.11 Å². The van der Waals surface area contributed by atoms with Crippen molar-refractivity contribution < 1.29 is 14.7 Å². The van der Waals surface area contributed by atoms with Crippen molar-refractivity contribution in [3.63, 3.8) is 0 Å². The van der Waals surface area contributed by atoms with E-state index in [2.05, 4.69) is 15.9 Å². The molecule has 0 fully saturated rings. The molecule has 0 bridgehead atoms. The van der Waals surface area contributed by atoms with Crippen molar-refractivity contribution in [1.82, 2.24) is 0 Å². The van der Waals surface area contributed by atoms with Crippen LogP contribution in [0.15, 0.2) is 22.7 Å². The van der Waals surface area contributed by atoms with Crippen molar-refractivity contribution >= 4 is 27.7 Å². The summed E-state index contributed by atoms with van der Waals surface area (Å²) in [7, 11) is 0. The molecule has 1 N–H and O–H groups in total. The number of aliphatic carboxylic acids is 1. The minimum absolute atomic E-state index is 0.0121. The zero-order valence-corrected chi connectivity index (χ0v) is 10.6. The smallest absolute Gasteiger partial charge is 0.303 e. The van der Waals surface area contributed by atoms with E-state index in [1.807, 2.05) is 13.0 Å². The van der Waals surface area contributed by atoms with Gasteiger partial charge in [0, 0.05) is 22.9 Å². The van der Waals surface area contributed by atoms with Crippen LogP contribution in [-0.4, -0.2) is 16.9 Å². The number of carbonyl (C=O) groups is 2. The maximum atomic E-state index is 11.7. The van der Waals surface area contributed by atoms with Crippen LogP contribution in [0.3, 0.4) is 0 Å². The SMILES string of the molecule is Cc1ccc(C(=O)CCCC(=O)O)cc1Br. The number of hydrogen-bond donors (Lipinski definition) is 1. The number of rotatable bonds is 5. The zero-order valence-electron chi connectivity index (χ0n) is 9.00. The van der Waals surface area contributed by atoms with Crippen molar-refractivity contribution in [1.29, 1.82) is 0 Å². The van der Waals surface area contributed by atoms with Gasteiger partial charge in [0.05, 0.1) is 0 Å². The topological polar surface area (TPSA) is 54.4 Å². The van der Waals surface area contributed by atoms with Gasteiger partial charge in [-0.05, 0) is 25.0 Å². The molecule has 4 heteroatoms. The molecule has 1 rings (SSSR count). The fourth-order valence-corrected chi connectivity index (χ4v) is 1.69. The molecule has 0 aliphatic rings. The number of Topliss-reactive ketones (excluding diaryl/α,β-unsaturated/α-hetero) is 1. The van der Waals surface area contributed by atoms with E-state index in [1.54, 1.807) is 12.1 Å². The Morgan fingerprint density at radius 3 is 2.56 bits per heavy atom. The predicted molar refractivity (Wildman–Crippen MR) is 64.7 cm³/mol. The van der Waals surface area contributed by atoms with Crippen LogP contribution < -0.4 is 0 Å². The first-order valence-corrected chi connectivity index (χ1v) is 5.81. The highest BCUT2D eigenvalue weighted by Gasteiger charge is 2.08. The molecule has 0 atom stereocenters. The Kier molecular flexibility index (Phi) is 4.68. The lowest BCUT2D eigenvalue weighted by Crippen LogP contribution is -2.02. The average Bonchev–Trinajstić information content (AvgIpc) is 2.21. The van der Waals surface area contributed by atoms with Gasteiger partial charge in [0.25, 0.3) is 0 Å². The van der Waals surface area contributed by atoms with Gasteiger partial charge < -0.3 is 5.11 Å². The number of aryl methyl sites for hydroxylation is 1. The molecular formula is C12H13BrO3. The average molecular weight is 285 g/mol. The molecule has 0 saturated heterocycles. The molecule has 0 unspecified atom stereocenters. The molecule has 0 saturated carbocycles. The standard InChI is InChI=1S/C12H13BrO3/c1-8-5-6-9(7-10(8)13)11(14)3-2-4-12(15)16/h5-7H,2-4H2,1H3,(H,15,16). The van der Waals surface area contributed by atoms with Gasteiger partial charge in [-0.25, -0.2) is 0 Å². The number of carboxylic acid groups (broad SMARTS) is 1. The highest BCUT2D eigenvalue weighted by molar-refractivity contribution is 9.10. The Bertz CT molecular complexity index is 413. The fourth-order valence-electron chi connectivity index (χ4n) is 1.31. The van der Waals surface area contributed by atoms with E-state index in [0.717, 1.165) is 10.0 Å². The van der Waals surface area contributed by atoms with Crippen molar-refractivity contribution in [2.24, 2.45) is 0 Å². The van der Waals surface area contributed by atoms with E-state index >= 15 is 0 Å². The summed E-state index contributed by atoms with van der Waals surface area (Å²) in [6.45, 7) is 1.95. The highest BCUT2D eigenvalue weighted by atomic mass is 79.9. The molecule has 0 heterocycles. The lowest BCUT2D eigenvalue weighted by Gasteiger charge is -2.03. The summed E-state index contributed by atoms with van der Waals surface area (Å²) in [4.78, 5) is 22.0. The molecular weight excluding hydrogens is 272 g/mol. The van der Waals surface area contributed by atoms with Gasteiger partial charge >= 0.3 is 5.97 Å². The second kappa shape index (κ2) is 5.80. The Balaban J connectivity index is 2.59. The monoisotopic (exact) mass is 284 g/mol. The molecule has 3 nitrogen and oxygen atoms in total. The lowest BCUT2D eigenvalue weighted by molar-refractivity contribution is -0.137. The Labute approximate surface area is 103 Å². The molecule has 0 aliphatic carbocycles. The first-order valence-electron chi connectivity index (χ1n) is 5.02. The Morgan fingerprint density at radius 2 is 2.00 bits per heavy atom. The van der Waals surface area contributed by atoms with Gasteiger partial charge in [-0.1, -0.05) is 28.1 Å². The van der Waals surface area contributed by atoms with E-state index in [0.29, 0.717) is 12.0 Å². The van der Waals surface area contributed by atoms with E-state index in [9.17, 15) is 9.59 Å². The summed E-state index contributed by atoms with van der Waals surface area (Å²) in [5, 5.41) is 8.46. The van der Waals surface area contributed by atoms with Crippen molar-refractivity contribution in [3.8, 4) is 0 Å². The third kappa shape index (κ3) is 3.77. The largest absolute Gasteiger partial charge is 0.481 e. The van der Waals surface area contributed by atoms with Crippen LogP contribution in [0.4, 0.5) is 0 Å². The van der Waals surface area contributed by atoms with Crippen molar-refractivity contribution in [3.05, 3.63) is 33.8 Å². The fraction of sp³-hybridized carbons (Fsp3) is 0.333. The number of halogens is 1. The first-order chi connectivity index (χ1) is 7.50. The van der Waals surface area contributed by atoms with Gasteiger partial charge in [0.1, 0.15) is 0 Å². The Hall–Kier alpha value is -1.16. The summed E-state index contributed by atoms with van der Waals surface area (Å²) >= 11 is 3.36. The maximum Gasteiger partial charge on any atom is 0.303 e. The van der Waals surface area contributed by atoms with Crippen LogP contribution in [0.1, 0.15) is 35.2 Å². The molecule has 16 heavy (non-hydrogen) atoms. The van der Waals surface area contributed by atoms with Crippen LogP contribution in [0.25, 0.3) is 0 Å². The molecule has 1 aromatic carbocycles. The summed E-state index contributed by atoms with van der Waals surface area (Å²) in [5.41, 5.74) is 1.70. The van der Waals surface area contributed by atoms with Crippen LogP contribution in [-0.2, 0) is 4.79 Å². The van der Waals surface area contributed by atoms with Gasteiger partial charge in [0.2, 0.25) is 0 Å². The second-order valence-electron chi connectivity index (χ2n) is 3.63. The van der Waals surface area contributed by atoms with Crippen molar-refractivity contribution in [2.75, 3.05) is 0 Å². The lowest BCUT2D eigenvalue weighted by atomic mass is 10.0. The normalized spacial score (nSPS) is 10.1. The quantitative estimate of drug-likeness (QED) is 0.845. The van der Waals surface area contributed by atoms with Gasteiger partial charge in [0.15, 0.2) is 5.78 Å². The molecule has 0 aromatic heterocycles. The molecule has 0 radical (unpaired) electrons. The van der Waals surface area contributed by atoms with Crippen molar-refractivity contribution in [2.45, 2.75) is 26.2 Å². The maximum absolute atomic E-state index is 11.7. The van der Waals surface area contributed by atoms with Crippen LogP contribution >= 0.6 is 15.9 Å². The number of carbonyl (C=O) groups excluding carboxylic acids is 1. The number of carboxylic acids is 1. The second-order valence-corrected chi connectivity index (χ2v) is 4.49. The minimum Gasteiger partial charge on any atom is -0.481 e. The zero-order chi connectivity index (χ0) is 12.1. The Morgan fingerprint density at radius 1 is 1.31 bits per heavy atom. The summed E-state index contributed by atoms with van der Waals surface area (Å²) in [5.74, 6) is -0.875. The summed E-state index contributed by atoms with van der Waals surface area (Å²) in [6.07, 6.45) is 0.709. The van der Waals surface area contributed by atoms with Crippen LogP contribution in [0.5, 0.6) is 0 Å². The van der Waals surface area contributed by atoms with Crippen LogP contribution in [0, 0.1) is 6.92 Å². The van der Waals surface area contributed by atoms with E-state index in [1.165, 1.54) is 0 Å². The molecule has 0 aliphatic heterocycles. The third-order valence-electron chi connectivity index (χ3n) is 2.29. The molecule has 1 aromatic rings. The van der Waals surface area contributed by atoms with E-state index < -0.39 is 5.97 Å². The van der Waals surface area contributed by atoms with E-state index in [-0.39, 0.29) is 18.6 Å². The predicted octanol–water partition coefficient (Wildman–Crippen LogP) is 3.20. The number of hydrogen-bond acceptors (Lipinski definition) is 2. The minimum atomic E-state index is -0.863. The molecule has 86 valence electrons. The highest BCUT2D eigenvalue weighted by Crippen LogP contribution is 2.18. The first kappa shape index (κ1) is 12.9. The van der Waals surface area contributed by atoms with Gasteiger partial charge in [-0.15, -0.1) is 0 Å². The van der Waals surface area contributed by atoms with Crippen LogP contribution in [0.2, 0.25) is 0 Å². The third-order valence-corrected chi connectivity index (χ3v) is 3.14. The molecule has 0 amide bonds. The number of ketones is 1.